The van der Waals surface area contributed by atoms with Crippen molar-refractivity contribution in [2.75, 3.05) is 19.5 Å². The van der Waals surface area contributed by atoms with E-state index in [1.807, 2.05) is 19.1 Å². The largest absolute Gasteiger partial charge is 0.493 e. The van der Waals surface area contributed by atoms with Crippen LogP contribution in [0.2, 0.25) is 5.02 Å². The molecule has 3 rings (SSSR count). The fourth-order valence-electron chi connectivity index (χ4n) is 2.56. The highest BCUT2D eigenvalue weighted by Gasteiger charge is 2.17. The van der Waals surface area contributed by atoms with Gasteiger partial charge in [-0.25, -0.2) is 0 Å². The quantitative estimate of drug-likeness (QED) is 0.700. The maximum Gasteiger partial charge on any atom is 0.255 e. The molecule has 3 aromatic rings. The molecule has 0 spiro atoms. The summed E-state index contributed by atoms with van der Waals surface area (Å²) in [7, 11) is 3.15. The summed E-state index contributed by atoms with van der Waals surface area (Å²) in [5, 5.41) is 10.7. The molecule has 26 heavy (non-hydrogen) atoms. The highest BCUT2D eigenvalue weighted by atomic mass is 35.5. The second kappa shape index (κ2) is 7.49. The van der Waals surface area contributed by atoms with Crippen molar-refractivity contribution < 1.29 is 14.3 Å². The summed E-state index contributed by atoms with van der Waals surface area (Å²) in [6.07, 6.45) is 0. The molecule has 2 N–H and O–H groups in total. The molecule has 134 valence electrons. The van der Waals surface area contributed by atoms with Crippen LogP contribution in [0.4, 0.5) is 5.69 Å². The summed E-state index contributed by atoms with van der Waals surface area (Å²) in [6.45, 7) is 1.84. The molecule has 0 saturated heterocycles. The van der Waals surface area contributed by atoms with E-state index in [9.17, 15) is 4.79 Å². The number of ether oxygens (including phenoxy) is 2. The molecular formula is C19H18ClN3O3. The third-order valence-electron chi connectivity index (χ3n) is 3.95. The number of rotatable bonds is 5. The smallest absolute Gasteiger partial charge is 0.255 e. The minimum atomic E-state index is -0.243. The van der Waals surface area contributed by atoms with Gasteiger partial charge in [0.05, 0.1) is 25.6 Å². The second-order valence-electron chi connectivity index (χ2n) is 5.60. The van der Waals surface area contributed by atoms with Crippen LogP contribution >= 0.6 is 11.6 Å². The number of amides is 1. The number of hydrogen-bond donors (Lipinski definition) is 2. The molecule has 0 atom stereocenters. The number of aromatic nitrogens is 2. The minimum absolute atomic E-state index is 0.243. The Morgan fingerprint density at radius 1 is 1.08 bits per heavy atom. The summed E-state index contributed by atoms with van der Waals surface area (Å²) in [6, 6.07) is 12.2. The molecule has 0 saturated carbocycles. The Hall–Kier alpha value is -2.99. The number of anilines is 1. The van der Waals surface area contributed by atoms with Crippen LogP contribution in [0, 0.1) is 6.92 Å². The Kier molecular flexibility index (Phi) is 5.14. The van der Waals surface area contributed by atoms with Gasteiger partial charge >= 0.3 is 0 Å². The molecule has 0 aliphatic carbocycles. The molecule has 0 unspecified atom stereocenters. The first-order chi connectivity index (χ1) is 12.5. The maximum absolute atomic E-state index is 12.5. The summed E-state index contributed by atoms with van der Waals surface area (Å²) in [4.78, 5) is 12.5. The summed E-state index contributed by atoms with van der Waals surface area (Å²) >= 11 is 5.87. The summed E-state index contributed by atoms with van der Waals surface area (Å²) in [5.74, 6) is 0.962. The predicted octanol–water partition coefficient (Wildman–Crippen LogP) is 4.31. The van der Waals surface area contributed by atoms with Gasteiger partial charge in [0.1, 0.15) is 5.69 Å². The molecule has 7 heteroatoms. The van der Waals surface area contributed by atoms with Gasteiger partial charge in [-0.2, -0.15) is 5.10 Å². The summed E-state index contributed by atoms with van der Waals surface area (Å²) < 4.78 is 10.6. The van der Waals surface area contributed by atoms with Gasteiger partial charge in [-0.05, 0) is 49.4 Å². The van der Waals surface area contributed by atoms with Crippen LogP contribution in [0.1, 0.15) is 16.1 Å². The van der Waals surface area contributed by atoms with E-state index in [4.69, 9.17) is 21.1 Å². The Bertz CT molecular complexity index is 936. The van der Waals surface area contributed by atoms with E-state index in [0.717, 1.165) is 11.3 Å². The molecular weight excluding hydrogens is 354 g/mol. The fourth-order valence-corrected chi connectivity index (χ4v) is 2.69. The Morgan fingerprint density at radius 3 is 2.42 bits per heavy atom. The van der Waals surface area contributed by atoms with Crippen molar-refractivity contribution in [1.82, 2.24) is 10.2 Å². The lowest BCUT2D eigenvalue weighted by atomic mass is 10.1. The highest BCUT2D eigenvalue weighted by Crippen LogP contribution is 2.35. The lowest BCUT2D eigenvalue weighted by Crippen LogP contribution is -2.12. The number of aryl methyl sites for hydroxylation is 1. The van der Waals surface area contributed by atoms with Crippen molar-refractivity contribution in [3.63, 3.8) is 0 Å². The number of benzene rings is 2. The molecule has 1 amide bonds. The van der Waals surface area contributed by atoms with E-state index >= 15 is 0 Å². The van der Waals surface area contributed by atoms with Gasteiger partial charge < -0.3 is 14.8 Å². The van der Waals surface area contributed by atoms with Crippen LogP contribution in [0.25, 0.3) is 11.3 Å². The van der Waals surface area contributed by atoms with Crippen LogP contribution < -0.4 is 14.8 Å². The average Bonchev–Trinajstić information content (AvgIpc) is 3.02. The highest BCUT2D eigenvalue weighted by molar-refractivity contribution is 6.30. The molecule has 0 aliphatic rings. The van der Waals surface area contributed by atoms with Crippen molar-refractivity contribution in [3.8, 4) is 22.8 Å². The first-order valence-corrected chi connectivity index (χ1v) is 8.25. The van der Waals surface area contributed by atoms with E-state index in [-0.39, 0.29) is 5.91 Å². The molecule has 0 radical (unpaired) electrons. The van der Waals surface area contributed by atoms with Gasteiger partial charge in [-0.3, -0.25) is 9.89 Å². The number of halogens is 1. The Balaban J connectivity index is 1.94. The normalized spacial score (nSPS) is 10.5. The number of H-pyrrole nitrogens is 1. The predicted molar refractivity (Wildman–Crippen MR) is 101 cm³/mol. The van der Waals surface area contributed by atoms with Gasteiger partial charge in [-0.1, -0.05) is 11.6 Å². The minimum Gasteiger partial charge on any atom is -0.493 e. The zero-order chi connectivity index (χ0) is 18.7. The fraction of sp³-hybridized carbons (Fsp3) is 0.158. The Morgan fingerprint density at radius 2 is 1.77 bits per heavy atom. The van der Waals surface area contributed by atoms with Crippen LogP contribution in [-0.2, 0) is 0 Å². The van der Waals surface area contributed by atoms with Crippen molar-refractivity contribution in [1.29, 1.82) is 0 Å². The van der Waals surface area contributed by atoms with E-state index in [2.05, 4.69) is 15.5 Å². The zero-order valence-electron chi connectivity index (χ0n) is 14.6. The average molecular weight is 372 g/mol. The number of methoxy groups -OCH3 is 2. The first kappa shape index (κ1) is 17.8. The molecule has 0 aliphatic heterocycles. The molecule has 1 aromatic heterocycles. The first-order valence-electron chi connectivity index (χ1n) is 7.87. The topological polar surface area (TPSA) is 76.2 Å². The molecule has 2 aromatic carbocycles. The number of carbonyl (C=O) groups excluding carboxylic acids is 1. The molecule has 1 heterocycles. The third kappa shape index (κ3) is 3.50. The zero-order valence-corrected chi connectivity index (χ0v) is 15.3. The number of nitrogens with one attached hydrogen (secondary N) is 2. The lowest BCUT2D eigenvalue weighted by Gasteiger charge is -2.10. The number of hydrogen-bond acceptors (Lipinski definition) is 4. The Labute approximate surface area is 156 Å². The van der Waals surface area contributed by atoms with Gasteiger partial charge in [-0.15, -0.1) is 0 Å². The number of carbonyl (C=O) groups is 1. The SMILES string of the molecule is COc1ccc(-c2n[nH]c(C)c2NC(=O)c2ccc(Cl)cc2)cc1OC. The van der Waals surface area contributed by atoms with Crippen LogP contribution in [0.15, 0.2) is 42.5 Å². The van der Waals surface area contributed by atoms with E-state index < -0.39 is 0 Å². The van der Waals surface area contributed by atoms with Crippen molar-refractivity contribution in [2.45, 2.75) is 6.92 Å². The van der Waals surface area contributed by atoms with Crippen molar-refractivity contribution >= 4 is 23.2 Å². The van der Waals surface area contributed by atoms with Gasteiger partial charge in [0.15, 0.2) is 11.5 Å². The van der Waals surface area contributed by atoms with Gasteiger partial charge in [0.2, 0.25) is 0 Å². The van der Waals surface area contributed by atoms with Crippen LogP contribution in [0.3, 0.4) is 0 Å². The van der Waals surface area contributed by atoms with Crippen LogP contribution in [0.5, 0.6) is 11.5 Å². The monoisotopic (exact) mass is 371 g/mol. The second-order valence-corrected chi connectivity index (χ2v) is 6.04. The third-order valence-corrected chi connectivity index (χ3v) is 4.20. The number of nitrogens with zero attached hydrogens (tertiary/aromatic N) is 1. The number of aromatic amines is 1. The van der Waals surface area contributed by atoms with E-state index in [0.29, 0.717) is 33.5 Å². The molecule has 0 bridgehead atoms. The molecule has 6 nitrogen and oxygen atoms in total. The van der Waals surface area contributed by atoms with E-state index in [1.54, 1.807) is 44.6 Å². The maximum atomic E-state index is 12.5. The standard InChI is InChI=1S/C19H18ClN3O3/c1-11-17(21-19(24)12-4-7-14(20)8-5-12)18(23-22-11)13-6-9-15(25-2)16(10-13)26-3/h4-10H,1-3H3,(H,21,24)(H,22,23). The van der Waals surface area contributed by atoms with Crippen LogP contribution in [-0.4, -0.2) is 30.3 Å². The van der Waals surface area contributed by atoms with Gasteiger partial charge in [0, 0.05) is 16.1 Å². The van der Waals surface area contributed by atoms with Gasteiger partial charge in [0.25, 0.3) is 5.91 Å². The summed E-state index contributed by atoms with van der Waals surface area (Å²) in [5.41, 5.74) is 3.27. The lowest BCUT2D eigenvalue weighted by molar-refractivity contribution is 0.102. The van der Waals surface area contributed by atoms with E-state index in [1.165, 1.54) is 0 Å². The van der Waals surface area contributed by atoms with Crippen molar-refractivity contribution in [3.05, 3.63) is 58.7 Å². The van der Waals surface area contributed by atoms with Crippen molar-refractivity contribution in [2.24, 2.45) is 0 Å². The molecule has 0 fully saturated rings.